The average molecular weight is 1610 g/mol. The van der Waals surface area contributed by atoms with Crippen LogP contribution in [0.5, 0.6) is 0 Å². The first-order chi connectivity index (χ1) is 46.7. The van der Waals surface area contributed by atoms with Gasteiger partial charge in [-0.3, -0.25) is 38.4 Å². The van der Waals surface area contributed by atoms with Crippen molar-refractivity contribution in [3.05, 3.63) is 0 Å². The van der Waals surface area contributed by atoms with Crippen molar-refractivity contribution < 1.29 is 90.5 Å². The molecule has 0 aliphatic heterocycles. The standard InChI is InChI=1S/3C5H10O2S.4C4H8O2S.3C4H10OS.C3H6O2.11C2H6/c3*1-7-5(6)3-4-8-2;4*1-6-4(5)3-7-2;3*1-5-3-4-6-2;1-3(4)5-2;11*1-2/h3*3-4H2,1-2H3;4*3H2,1-2H3;3*3-4H2,1-2H3;1-2H3;11*1-2H3. The van der Waals surface area contributed by atoms with E-state index in [0.717, 1.165) is 54.3 Å². The number of rotatable bonds is 26. The molecule has 0 saturated carbocycles. The van der Waals surface area contributed by atoms with Gasteiger partial charge in [0, 0.05) is 62.8 Å². The van der Waals surface area contributed by atoms with Crippen molar-refractivity contribution in [2.24, 2.45) is 0 Å². The van der Waals surface area contributed by atoms with E-state index in [4.69, 9.17) is 14.2 Å². The molecule has 97 heavy (non-hydrogen) atoms. The molecular formula is C68H164O19S10. The molecule has 0 aliphatic carbocycles. The van der Waals surface area contributed by atoms with E-state index in [0.29, 0.717) is 42.3 Å². The molecule has 0 saturated heterocycles. The molecule has 0 fully saturated rings. The SMILES string of the molecule is CC.CC.CC.CC.CC.CC.CC.CC.CC.CC.CC.COC(=O)CCSC.COC(=O)CCSC.COC(=O)CCSC.COC(=O)CSC.COC(=O)CSC.COC(=O)CSC.COC(=O)CSC.COC(C)=O.COCCSC.COCCSC.COCCSC. The summed E-state index contributed by atoms with van der Waals surface area (Å²) in [4.78, 5) is 81.3. The molecule has 0 rings (SSSR count). The lowest BCUT2D eigenvalue weighted by Crippen LogP contribution is -2.01. The predicted molar refractivity (Wildman–Crippen MR) is 460 cm³/mol. The van der Waals surface area contributed by atoms with Gasteiger partial charge in [0.15, 0.2) is 0 Å². The Labute approximate surface area is 647 Å². The van der Waals surface area contributed by atoms with Crippen molar-refractivity contribution in [2.75, 3.05) is 218 Å². The Morgan fingerprint density at radius 2 is 0.330 bits per heavy atom. The van der Waals surface area contributed by atoms with Crippen LogP contribution < -0.4 is 0 Å². The molecular weight excluding hydrogens is 1440 g/mol. The van der Waals surface area contributed by atoms with Crippen LogP contribution in [-0.2, 0) is 90.5 Å². The first-order valence-corrected chi connectivity index (χ1v) is 46.5. The Balaban J connectivity index is -0.0000000310. The maximum Gasteiger partial charge on any atom is 0.315 e. The molecule has 0 N–H and O–H groups in total. The quantitative estimate of drug-likeness (QED) is 0.0444. The van der Waals surface area contributed by atoms with Gasteiger partial charge in [0.05, 0.1) is 119 Å². The molecule has 0 aliphatic rings. The van der Waals surface area contributed by atoms with Crippen molar-refractivity contribution in [1.29, 1.82) is 0 Å². The van der Waals surface area contributed by atoms with Crippen LogP contribution in [0.2, 0.25) is 0 Å². The highest BCUT2D eigenvalue weighted by Crippen LogP contribution is 1.98. The predicted octanol–water partition coefficient (Wildman–Crippen LogP) is 19.3. The lowest BCUT2D eigenvalue weighted by Gasteiger charge is -1.93. The summed E-state index contributed by atoms with van der Waals surface area (Å²) in [6.45, 7) is 48.0. The van der Waals surface area contributed by atoms with E-state index < -0.39 is 0 Å². The Morgan fingerprint density at radius 1 is 0.206 bits per heavy atom. The summed E-state index contributed by atoms with van der Waals surface area (Å²) in [6.07, 6.45) is 21.1. The van der Waals surface area contributed by atoms with E-state index in [9.17, 15) is 38.4 Å². The molecule has 0 heterocycles. The highest BCUT2D eigenvalue weighted by atomic mass is 32.2. The van der Waals surface area contributed by atoms with Crippen LogP contribution in [0.1, 0.15) is 179 Å². The van der Waals surface area contributed by atoms with Gasteiger partial charge in [0.1, 0.15) is 0 Å². The minimum atomic E-state index is -0.245. The van der Waals surface area contributed by atoms with Crippen LogP contribution in [0, 0.1) is 0 Å². The van der Waals surface area contributed by atoms with Crippen LogP contribution in [0.3, 0.4) is 0 Å². The third-order valence-corrected chi connectivity index (χ3v) is 11.6. The molecule has 0 unspecified atom stereocenters. The van der Waals surface area contributed by atoms with Gasteiger partial charge >= 0.3 is 47.8 Å². The van der Waals surface area contributed by atoms with Crippen molar-refractivity contribution in [3.8, 4) is 0 Å². The number of esters is 8. The lowest BCUT2D eigenvalue weighted by molar-refractivity contribution is -0.140. The lowest BCUT2D eigenvalue weighted by atomic mass is 10.5. The molecule has 0 bridgehead atoms. The van der Waals surface area contributed by atoms with Crippen molar-refractivity contribution in [2.45, 2.75) is 179 Å². The van der Waals surface area contributed by atoms with Crippen molar-refractivity contribution in [1.82, 2.24) is 0 Å². The zero-order valence-corrected chi connectivity index (χ0v) is 79.3. The minimum absolute atomic E-state index is 0.126. The van der Waals surface area contributed by atoms with Gasteiger partial charge in [0.25, 0.3) is 0 Å². The highest BCUT2D eigenvalue weighted by molar-refractivity contribution is 8.00. The van der Waals surface area contributed by atoms with Gasteiger partial charge in [-0.15, -0.1) is 0 Å². The normalized spacial score (nSPS) is 7.26. The second kappa shape index (κ2) is 233. The summed E-state index contributed by atoms with van der Waals surface area (Å²) < 4.78 is 48.9. The van der Waals surface area contributed by atoms with Gasteiger partial charge in [0.2, 0.25) is 0 Å². The average Bonchev–Trinajstić information content (AvgIpc) is 3.68. The molecule has 610 valence electrons. The smallest absolute Gasteiger partial charge is 0.315 e. The molecule has 0 aromatic heterocycles. The maximum absolute atomic E-state index is 10.3. The zero-order chi connectivity index (χ0) is 82.8. The van der Waals surface area contributed by atoms with Crippen LogP contribution in [-0.4, -0.2) is 266 Å². The molecule has 0 spiro atoms. The number of methoxy groups -OCH3 is 11. The molecule has 0 amide bonds. The van der Waals surface area contributed by atoms with E-state index in [1.54, 1.807) is 91.9 Å². The number of carbonyl (C=O) groups excluding carboxylic acids is 8. The summed E-state index contributed by atoms with van der Waals surface area (Å²) in [5.74, 6) is 6.44. The first-order valence-electron chi connectivity index (χ1n) is 32.6. The van der Waals surface area contributed by atoms with Gasteiger partial charge in [-0.25, -0.2) is 0 Å². The first kappa shape index (κ1) is 158. The topological polar surface area (TPSA) is 238 Å². The number of hydrogen-bond acceptors (Lipinski definition) is 29. The van der Waals surface area contributed by atoms with E-state index in [1.807, 2.05) is 196 Å². The van der Waals surface area contributed by atoms with Gasteiger partial charge in [-0.05, 0) is 62.6 Å². The molecule has 0 aromatic rings. The third kappa shape index (κ3) is 356. The zero-order valence-electron chi connectivity index (χ0n) is 71.2. The fourth-order valence-electron chi connectivity index (χ4n) is 2.07. The highest BCUT2D eigenvalue weighted by Gasteiger charge is 1.98. The summed E-state index contributed by atoms with van der Waals surface area (Å²) >= 11 is 16.2. The Bertz CT molecular complexity index is 1020. The fraction of sp³-hybridized carbons (Fsp3) is 0.882. The van der Waals surface area contributed by atoms with Gasteiger partial charge < -0.3 is 52.1 Å². The molecule has 0 atom stereocenters. The molecule has 0 radical (unpaired) electrons. The Morgan fingerprint density at radius 3 is 0.381 bits per heavy atom. The van der Waals surface area contributed by atoms with Crippen molar-refractivity contribution in [3.63, 3.8) is 0 Å². The van der Waals surface area contributed by atoms with Gasteiger partial charge in [-0.2, -0.15) is 118 Å². The summed E-state index contributed by atoms with van der Waals surface area (Å²) in [6, 6.07) is 0. The van der Waals surface area contributed by atoms with E-state index >= 15 is 0 Å². The monoisotopic (exact) mass is 1600 g/mol. The second-order valence-corrected chi connectivity index (χ2v) is 21.0. The van der Waals surface area contributed by atoms with Crippen LogP contribution >= 0.6 is 118 Å². The minimum Gasteiger partial charge on any atom is -0.469 e. The molecule has 29 heteroatoms. The number of ether oxygens (including phenoxy) is 11. The summed E-state index contributed by atoms with van der Waals surface area (Å²) in [7, 11) is 16.3. The Hall–Kier alpha value is -0.860. The van der Waals surface area contributed by atoms with E-state index in [1.165, 1.54) is 111 Å². The summed E-state index contributed by atoms with van der Waals surface area (Å²) in [5.41, 5.74) is 0. The number of carbonyl (C=O) groups is 8. The van der Waals surface area contributed by atoms with Crippen molar-refractivity contribution >= 4 is 165 Å². The van der Waals surface area contributed by atoms with Crippen LogP contribution in [0.15, 0.2) is 0 Å². The van der Waals surface area contributed by atoms with Gasteiger partial charge in [-0.1, -0.05) is 152 Å². The maximum atomic E-state index is 10.3. The van der Waals surface area contributed by atoms with E-state index in [-0.39, 0.29) is 47.8 Å². The van der Waals surface area contributed by atoms with E-state index in [2.05, 4.69) is 56.7 Å². The summed E-state index contributed by atoms with van der Waals surface area (Å²) in [5, 5.41) is 0. The molecule has 19 nitrogen and oxygen atoms in total. The van der Waals surface area contributed by atoms with Crippen LogP contribution in [0.25, 0.3) is 0 Å². The van der Waals surface area contributed by atoms with Crippen LogP contribution in [0.4, 0.5) is 0 Å². The second-order valence-electron chi connectivity index (χ2n) is 11.6. The fourth-order valence-corrected chi connectivity index (χ4v) is 5.60. The largest absolute Gasteiger partial charge is 0.469 e. The Kier molecular flexibility index (Phi) is 380. The third-order valence-electron chi connectivity index (χ3n) is 5.94. The number of hydrogen-bond donors (Lipinski definition) is 0. The number of thioether (sulfide) groups is 10. The molecule has 0 aromatic carbocycles.